The van der Waals surface area contributed by atoms with E-state index in [1.54, 1.807) is 0 Å². The number of piperazine rings is 1. The molecule has 0 bridgehead atoms. The molecule has 1 aromatic heterocycles. The Bertz CT molecular complexity index is 280. The van der Waals surface area contributed by atoms with Crippen LogP contribution in [0, 0.1) is 0 Å². The van der Waals surface area contributed by atoms with Gasteiger partial charge >= 0.3 is 0 Å². The van der Waals surface area contributed by atoms with Crippen molar-refractivity contribution in [2.24, 2.45) is 5.84 Å². The van der Waals surface area contributed by atoms with Crippen molar-refractivity contribution in [2.75, 3.05) is 32.7 Å². The first-order valence-electron chi connectivity index (χ1n) is 5.46. The number of nitrogens with zero attached hydrogens (tertiary/aromatic N) is 3. The van der Waals surface area contributed by atoms with Crippen LogP contribution in [-0.2, 0) is 6.42 Å². The Morgan fingerprint density at radius 3 is 2.67 bits per heavy atom. The van der Waals surface area contributed by atoms with Gasteiger partial charge in [0, 0.05) is 51.0 Å². The van der Waals surface area contributed by atoms with E-state index in [9.17, 15) is 0 Å². The standard InChI is InChI=1S/C11H18N4/c12-15-9-7-14(8-10-15)6-4-11-3-1-2-5-13-11/h1-3,5H,4,6-10,12H2. The number of hydrogen-bond donors (Lipinski definition) is 1. The molecule has 0 atom stereocenters. The maximum atomic E-state index is 5.70. The van der Waals surface area contributed by atoms with Gasteiger partial charge in [-0.25, -0.2) is 5.01 Å². The Hall–Kier alpha value is -0.970. The number of pyridine rings is 1. The van der Waals surface area contributed by atoms with Gasteiger partial charge in [0.15, 0.2) is 0 Å². The van der Waals surface area contributed by atoms with Gasteiger partial charge in [0.1, 0.15) is 0 Å². The Morgan fingerprint density at radius 1 is 1.20 bits per heavy atom. The zero-order valence-electron chi connectivity index (χ0n) is 8.97. The number of aromatic nitrogens is 1. The minimum atomic E-state index is 0.974. The van der Waals surface area contributed by atoms with E-state index in [2.05, 4.69) is 16.0 Å². The molecule has 1 saturated heterocycles. The summed E-state index contributed by atoms with van der Waals surface area (Å²) >= 11 is 0. The van der Waals surface area contributed by atoms with E-state index in [0.717, 1.165) is 39.1 Å². The second kappa shape index (κ2) is 5.21. The van der Waals surface area contributed by atoms with Crippen LogP contribution in [0.3, 0.4) is 0 Å². The van der Waals surface area contributed by atoms with Crippen LogP contribution in [0.5, 0.6) is 0 Å². The lowest BCUT2D eigenvalue weighted by atomic mass is 10.2. The third-order valence-electron chi connectivity index (χ3n) is 2.82. The topological polar surface area (TPSA) is 45.4 Å². The Balaban J connectivity index is 1.74. The zero-order chi connectivity index (χ0) is 10.5. The van der Waals surface area contributed by atoms with E-state index < -0.39 is 0 Å². The molecule has 0 amide bonds. The summed E-state index contributed by atoms with van der Waals surface area (Å²) in [6.07, 6.45) is 2.89. The Morgan fingerprint density at radius 2 is 2.00 bits per heavy atom. The van der Waals surface area contributed by atoms with Crippen molar-refractivity contribution in [3.8, 4) is 0 Å². The van der Waals surface area contributed by atoms with Crippen LogP contribution in [0.25, 0.3) is 0 Å². The van der Waals surface area contributed by atoms with Crippen LogP contribution in [0.4, 0.5) is 0 Å². The first-order chi connectivity index (χ1) is 7.34. The lowest BCUT2D eigenvalue weighted by Gasteiger charge is -2.31. The van der Waals surface area contributed by atoms with E-state index in [-0.39, 0.29) is 0 Å². The average molecular weight is 206 g/mol. The molecular weight excluding hydrogens is 188 g/mol. The molecule has 0 spiro atoms. The predicted molar refractivity (Wildman–Crippen MR) is 60.1 cm³/mol. The van der Waals surface area contributed by atoms with Gasteiger partial charge in [-0.1, -0.05) is 6.07 Å². The second-order valence-corrected chi connectivity index (χ2v) is 3.95. The van der Waals surface area contributed by atoms with E-state index >= 15 is 0 Å². The molecule has 2 heterocycles. The van der Waals surface area contributed by atoms with Gasteiger partial charge in [-0.2, -0.15) is 0 Å². The number of nitrogens with two attached hydrogens (primary N) is 1. The Labute approximate surface area is 90.7 Å². The number of hydrogen-bond acceptors (Lipinski definition) is 4. The van der Waals surface area contributed by atoms with Gasteiger partial charge in [-0.15, -0.1) is 0 Å². The lowest BCUT2D eigenvalue weighted by molar-refractivity contribution is 0.134. The van der Waals surface area contributed by atoms with Gasteiger partial charge in [0.05, 0.1) is 0 Å². The van der Waals surface area contributed by atoms with Gasteiger partial charge in [-0.3, -0.25) is 10.8 Å². The second-order valence-electron chi connectivity index (χ2n) is 3.95. The molecule has 0 aliphatic carbocycles. The molecule has 2 N–H and O–H groups in total. The predicted octanol–water partition coefficient (Wildman–Crippen LogP) is 0.115. The van der Waals surface area contributed by atoms with Crippen molar-refractivity contribution in [1.29, 1.82) is 0 Å². The van der Waals surface area contributed by atoms with Crippen molar-refractivity contribution in [2.45, 2.75) is 6.42 Å². The van der Waals surface area contributed by atoms with Crippen LogP contribution in [0.15, 0.2) is 24.4 Å². The first-order valence-corrected chi connectivity index (χ1v) is 5.46. The molecular formula is C11H18N4. The summed E-state index contributed by atoms with van der Waals surface area (Å²) in [4.78, 5) is 6.76. The van der Waals surface area contributed by atoms with Crippen molar-refractivity contribution in [3.05, 3.63) is 30.1 Å². The molecule has 0 unspecified atom stereocenters. The highest BCUT2D eigenvalue weighted by Crippen LogP contribution is 2.01. The van der Waals surface area contributed by atoms with E-state index in [0.29, 0.717) is 0 Å². The highest BCUT2D eigenvalue weighted by Gasteiger charge is 2.13. The molecule has 1 aliphatic heterocycles. The van der Waals surface area contributed by atoms with Crippen molar-refractivity contribution in [3.63, 3.8) is 0 Å². The monoisotopic (exact) mass is 206 g/mol. The van der Waals surface area contributed by atoms with Gasteiger partial charge in [-0.05, 0) is 12.1 Å². The fourth-order valence-electron chi connectivity index (χ4n) is 1.81. The highest BCUT2D eigenvalue weighted by atomic mass is 15.4. The molecule has 82 valence electrons. The molecule has 1 fully saturated rings. The van der Waals surface area contributed by atoms with Gasteiger partial charge in [0.25, 0.3) is 0 Å². The van der Waals surface area contributed by atoms with Gasteiger partial charge < -0.3 is 4.90 Å². The van der Waals surface area contributed by atoms with Crippen molar-refractivity contribution in [1.82, 2.24) is 14.9 Å². The van der Waals surface area contributed by atoms with Crippen LogP contribution in [0.1, 0.15) is 5.69 Å². The van der Waals surface area contributed by atoms with Crippen LogP contribution < -0.4 is 5.84 Å². The van der Waals surface area contributed by atoms with E-state index in [4.69, 9.17) is 5.84 Å². The summed E-state index contributed by atoms with van der Waals surface area (Å²) in [6, 6.07) is 6.08. The van der Waals surface area contributed by atoms with E-state index in [1.807, 2.05) is 23.3 Å². The third-order valence-corrected chi connectivity index (χ3v) is 2.82. The molecule has 0 aromatic carbocycles. The molecule has 1 aromatic rings. The first kappa shape index (κ1) is 10.5. The fourth-order valence-corrected chi connectivity index (χ4v) is 1.81. The summed E-state index contributed by atoms with van der Waals surface area (Å²) in [5.74, 6) is 5.70. The lowest BCUT2D eigenvalue weighted by Crippen LogP contribution is -2.49. The molecule has 2 rings (SSSR count). The zero-order valence-corrected chi connectivity index (χ0v) is 8.97. The summed E-state index contributed by atoms with van der Waals surface area (Å²) in [5.41, 5.74) is 1.17. The number of rotatable bonds is 3. The molecule has 1 aliphatic rings. The molecule has 0 saturated carbocycles. The molecule has 15 heavy (non-hydrogen) atoms. The average Bonchev–Trinajstić information content (AvgIpc) is 2.30. The smallest absolute Gasteiger partial charge is 0.0416 e. The fraction of sp³-hybridized carbons (Fsp3) is 0.545. The van der Waals surface area contributed by atoms with Crippen molar-refractivity contribution >= 4 is 0 Å². The van der Waals surface area contributed by atoms with Gasteiger partial charge in [0.2, 0.25) is 0 Å². The quantitative estimate of drug-likeness (QED) is 0.713. The van der Waals surface area contributed by atoms with E-state index in [1.165, 1.54) is 5.69 Å². The summed E-state index contributed by atoms with van der Waals surface area (Å²) < 4.78 is 0. The van der Waals surface area contributed by atoms with Crippen LogP contribution >= 0.6 is 0 Å². The third kappa shape index (κ3) is 3.27. The van der Waals surface area contributed by atoms with Crippen LogP contribution in [0.2, 0.25) is 0 Å². The molecule has 0 radical (unpaired) electrons. The highest BCUT2D eigenvalue weighted by molar-refractivity contribution is 5.03. The SMILES string of the molecule is NN1CCN(CCc2ccccn2)CC1. The van der Waals surface area contributed by atoms with Crippen molar-refractivity contribution < 1.29 is 0 Å². The minimum absolute atomic E-state index is 0.974. The molecule has 4 heteroatoms. The summed E-state index contributed by atoms with van der Waals surface area (Å²) in [7, 11) is 0. The normalized spacial score (nSPS) is 19.3. The largest absolute Gasteiger partial charge is 0.300 e. The maximum Gasteiger partial charge on any atom is 0.0416 e. The maximum absolute atomic E-state index is 5.70. The summed E-state index contributed by atoms with van der Waals surface area (Å²) in [5, 5.41) is 1.89. The number of hydrazine groups is 1. The molecule has 4 nitrogen and oxygen atoms in total. The van der Waals surface area contributed by atoms with Crippen LogP contribution in [-0.4, -0.2) is 47.6 Å². The minimum Gasteiger partial charge on any atom is -0.300 e. The Kier molecular flexibility index (Phi) is 3.66. The summed E-state index contributed by atoms with van der Waals surface area (Å²) in [6.45, 7) is 5.18.